The minimum absolute atomic E-state index is 0.268. The largest absolute Gasteiger partial charge is 0.298 e. The summed E-state index contributed by atoms with van der Waals surface area (Å²) in [7, 11) is 0. The first-order valence-electron chi connectivity index (χ1n) is 7.41. The van der Waals surface area contributed by atoms with Crippen molar-refractivity contribution in [2.24, 2.45) is 0 Å². The minimum atomic E-state index is -0.942. The second-order valence-corrected chi connectivity index (χ2v) is 6.65. The molecule has 0 saturated heterocycles. The summed E-state index contributed by atoms with van der Waals surface area (Å²) in [5.74, 6) is -1.84. The molecule has 3 rings (SSSR count). The van der Waals surface area contributed by atoms with Crippen LogP contribution in [0, 0.1) is 23.3 Å². The lowest BCUT2D eigenvalue weighted by Crippen LogP contribution is -2.13. The predicted octanol–water partition coefficient (Wildman–Crippen LogP) is 4.09. The van der Waals surface area contributed by atoms with Crippen molar-refractivity contribution >= 4 is 34.6 Å². The van der Waals surface area contributed by atoms with Gasteiger partial charge in [0, 0.05) is 12.6 Å². The summed E-state index contributed by atoms with van der Waals surface area (Å²) < 4.78 is 28.9. The van der Waals surface area contributed by atoms with Crippen LogP contribution in [0.2, 0.25) is 0 Å². The Labute approximate surface area is 156 Å². The van der Waals surface area contributed by atoms with Crippen molar-refractivity contribution in [1.82, 2.24) is 19.7 Å². The lowest BCUT2D eigenvalue weighted by atomic mass is 10.2. The molecule has 10 heteroatoms. The van der Waals surface area contributed by atoms with Gasteiger partial charge in [-0.2, -0.15) is 5.10 Å². The number of hydrogen-bond donors (Lipinski definition) is 2. The molecule has 3 aromatic rings. The van der Waals surface area contributed by atoms with E-state index in [2.05, 4.69) is 27.1 Å². The monoisotopic (exact) mass is 393 g/mol. The number of amides is 1. The number of H-pyrrole nitrogens is 1. The number of aryl methyl sites for hydroxylation is 1. The molecular formula is C16H13F2N5OS2. The highest BCUT2D eigenvalue weighted by atomic mass is 32.1. The fourth-order valence-corrected chi connectivity index (χ4v) is 3.45. The Balaban J connectivity index is 1.90. The highest BCUT2D eigenvalue weighted by Gasteiger charge is 2.19. The SMILES string of the molecule is C=CCn1c(-c2sc(NC(=O)c3ccc(F)cc3F)nc2C)n[nH]c1=S. The van der Waals surface area contributed by atoms with Crippen LogP contribution in [-0.2, 0) is 6.54 Å². The van der Waals surface area contributed by atoms with E-state index in [0.717, 1.165) is 12.1 Å². The van der Waals surface area contributed by atoms with Gasteiger partial charge in [-0.25, -0.2) is 13.8 Å². The van der Waals surface area contributed by atoms with E-state index < -0.39 is 17.5 Å². The zero-order chi connectivity index (χ0) is 18.8. The number of halogens is 2. The van der Waals surface area contributed by atoms with Crippen LogP contribution in [0.3, 0.4) is 0 Å². The van der Waals surface area contributed by atoms with Crippen LogP contribution in [0.25, 0.3) is 10.7 Å². The molecule has 0 saturated carbocycles. The van der Waals surface area contributed by atoms with Gasteiger partial charge in [-0.05, 0) is 31.3 Å². The first kappa shape index (κ1) is 18.1. The normalized spacial score (nSPS) is 10.7. The van der Waals surface area contributed by atoms with Crippen LogP contribution < -0.4 is 5.32 Å². The van der Waals surface area contributed by atoms with Crippen LogP contribution in [0.1, 0.15) is 16.1 Å². The Kier molecular flexibility index (Phi) is 5.05. The molecule has 6 nitrogen and oxygen atoms in total. The van der Waals surface area contributed by atoms with E-state index in [9.17, 15) is 13.6 Å². The maximum Gasteiger partial charge on any atom is 0.260 e. The number of hydrogen-bond acceptors (Lipinski definition) is 5. The van der Waals surface area contributed by atoms with Crippen LogP contribution >= 0.6 is 23.6 Å². The van der Waals surface area contributed by atoms with Crippen LogP contribution in [0.5, 0.6) is 0 Å². The van der Waals surface area contributed by atoms with Crippen molar-refractivity contribution in [3.63, 3.8) is 0 Å². The third-order valence-electron chi connectivity index (χ3n) is 3.47. The maximum atomic E-state index is 13.7. The molecule has 1 amide bonds. The predicted molar refractivity (Wildman–Crippen MR) is 97.8 cm³/mol. The second kappa shape index (κ2) is 7.26. The van der Waals surface area contributed by atoms with Crippen LogP contribution in [-0.4, -0.2) is 25.7 Å². The Morgan fingerprint density at radius 1 is 1.50 bits per heavy atom. The number of carbonyl (C=O) groups is 1. The summed E-state index contributed by atoms with van der Waals surface area (Å²) in [6.45, 7) is 5.91. The van der Waals surface area contributed by atoms with Crippen molar-refractivity contribution in [3.05, 3.63) is 58.5 Å². The van der Waals surface area contributed by atoms with E-state index in [-0.39, 0.29) is 10.7 Å². The number of thiazole rings is 1. The topological polar surface area (TPSA) is 75.6 Å². The van der Waals surface area contributed by atoms with Crippen LogP contribution in [0.4, 0.5) is 13.9 Å². The number of benzene rings is 1. The molecule has 1 aromatic carbocycles. The van der Waals surface area contributed by atoms with Gasteiger partial charge in [-0.1, -0.05) is 17.4 Å². The van der Waals surface area contributed by atoms with Gasteiger partial charge >= 0.3 is 0 Å². The molecule has 0 aliphatic heterocycles. The number of nitrogens with zero attached hydrogens (tertiary/aromatic N) is 3. The Morgan fingerprint density at radius 3 is 2.96 bits per heavy atom. The van der Waals surface area contributed by atoms with Gasteiger partial charge in [0.1, 0.15) is 11.6 Å². The zero-order valence-electron chi connectivity index (χ0n) is 13.5. The summed E-state index contributed by atoms with van der Waals surface area (Å²) >= 11 is 6.36. The molecule has 0 atom stereocenters. The first-order chi connectivity index (χ1) is 12.4. The molecule has 0 bridgehead atoms. The number of aromatic nitrogens is 4. The number of anilines is 1. The molecule has 2 aromatic heterocycles. The van der Waals surface area contributed by atoms with E-state index in [0.29, 0.717) is 33.8 Å². The summed E-state index contributed by atoms with van der Waals surface area (Å²) in [5, 5.41) is 9.69. The molecule has 2 N–H and O–H groups in total. The number of allylic oxidation sites excluding steroid dienone is 1. The van der Waals surface area contributed by atoms with Crippen molar-refractivity contribution in [2.45, 2.75) is 13.5 Å². The highest BCUT2D eigenvalue weighted by Crippen LogP contribution is 2.32. The van der Waals surface area contributed by atoms with Gasteiger partial charge in [0.25, 0.3) is 5.91 Å². The average molecular weight is 393 g/mol. The zero-order valence-corrected chi connectivity index (χ0v) is 15.2. The van der Waals surface area contributed by atoms with Gasteiger partial charge in [0.2, 0.25) is 0 Å². The molecule has 134 valence electrons. The molecule has 0 spiro atoms. The van der Waals surface area contributed by atoms with E-state index in [1.165, 1.54) is 11.3 Å². The molecule has 0 aliphatic rings. The number of rotatable bonds is 5. The fourth-order valence-electron chi connectivity index (χ4n) is 2.28. The van der Waals surface area contributed by atoms with Gasteiger partial charge in [-0.15, -0.1) is 6.58 Å². The lowest BCUT2D eigenvalue weighted by Gasteiger charge is -2.03. The van der Waals surface area contributed by atoms with E-state index >= 15 is 0 Å². The van der Waals surface area contributed by atoms with Crippen molar-refractivity contribution in [2.75, 3.05) is 5.32 Å². The van der Waals surface area contributed by atoms with Gasteiger partial charge in [0.15, 0.2) is 15.7 Å². The first-order valence-corrected chi connectivity index (χ1v) is 8.63. The molecule has 0 fully saturated rings. The fraction of sp³-hybridized carbons (Fsp3) is 0.125. The molecular weight excluding hydrogens is 380 g/mol. The van der Waals surface area contributed by atoms with E-state index in [1.807, 2.05) is 0 Å². The minimum Gasteiger partial charge on any atom is -0.298 e. The van der Waals surface area contributed by atoms with Crippen molar-refractivity contribution < 1.29 is 13.6 Å². The smallest absolute Gasteiger partial charge is 0.260 e. The Morgan fingerprint density at radius 2 is 2.27 bits per heavy atom. The second-order valence-electron chi connectivity index (χ2n) is 5.26. The molecule has 0 aliphatic carbocycles. The average Bonchev–Trinajstić information content (AvgIpc) is 3.11. The van der Waals surface area contributed by atoms with E-state index in [4.69, 9.17) is 12.2 Å². The molecule has 0 radical (unpaired) electrons. The number of carbonyl (C=O) groups excluding carboxylic acids is 1. The maximum absolute atomic E-state index is 13.7. The van der Waals surface area contributed by atoms with Gasteiger partial charge < -0.3 is 0 Å². The Hall–Kier alpha value is -2.72. The van der Waals surface area contributed by atoms with Crippen molar-refractivity contribution in [1.29, 1.82) is 0 Å². The van der Waals surface area contributed by atoms with E-state index in [1.54, 1.807) is 17.6 Å². The lowest BCUT2D eigenvalue weighted by molar-refractivity contribution is 0.102. The highest BCUT2D eigenvalue weighted by molar-refractivity contribution is 7.71. The molecule has 26 heavy (non-hydrogen) atoms. The van der Waals surface area contributed by atoms with Gasteiger partial charge in [-0.3, -0.25) is 19.8 Å². The van der Waals surface area contributed by atoms with Gasteiger partial charge in [0.05, 0.1) is 16.1 Å². The number of nitrogens with one attached hydrogen (secondary N) is 2. The molecule has 2 heterocycles. The van der Waals surface area contributed by atoms with Crippen LogP contribution in [0.15, 0.2) is 30.9 Å². The standard InChI is InChI=1S/C16H13F2N5OS2/c1-3-6-23-13(21-22-16(23)25)12-8(2)19-15(26-12)20-14(24)10-5-4-9(17)7-11(10)18/h3-5,7H,1,6H2,2H3,(H,22,25)(H,19,20,24). The summed E-state index contributed by atoms with van der Waals surface area (Å²) in [6, 6.07) is 2.75. The number of aromatic amines is 1. The summed E-state index contributed by atoms with van der Waals surface area (Å²) in [6.07, 6.45) is 1.69. The Bertz CT molecular complexity index is 1050. The quantitative estimate of drug-likeness (QED) is 0.506. The summed E-state index contributed by atoms with van der Waals surface area (Å²) in [4.78, 5) is 17.2. The summed E-state index contributed by atoms with van der Waals surface area (Å²) in [5.41, 5.74) is 0.360. The third-order valence-corrected chi connectivity index (χ3v) is 4.85. The third kappa shape index (κ3) is 3.46. The van der Waals surface area contributed by atoms with Crippen molar-refractivity contribution in [3.8, 4) is 10.7 Å². The molecule has 0 unspecified atom stereocenters.